The molecular weight excluding hydrogens is 404 g/mol. The van der Waals surface area contributed by atoms with Gasteiger partial charge in [0.15, 0.2) is 0 Å². The van der Waals surface area contributed by atoms with Crippen LogP contribution in [-0.2, 0) is 17.5 Å². The monoisotopic (exact) mass is 425 g/mol. The Bertz CT molecular complexity index is 989. The highest BCUT2D eigenvalue weighted by Gasteiger charge is 2.36. The first-order chi connectivity index (χ1) is 13.4. The van der Waals surface area contributed by atoms with Crippen LogP contribution in [0.2, 0.25) is 0 Å². The highest BCUT2D eigenvalue weighted by atomic mass is 19.4. The summed E-state index contributed by atoms with van der Waals surface area (Å²) in [7, 11) is 5.93. The summed E-state index contributed by atoms with van der Waals surface area (Å²) in [4.78, 5) is 12.8. The Morgan fingerprint density at radius 3 is 2.03 bits per heavy atom. The molecule has 0 aliphatic rings. The first kappa shape index (κ1) is 23.7. The molecule has 0 spiro atoms. The van der Waals surface area contributed by atoms with Crippen molar-refractivity contribution in [2.24, 2.45) is 0 Å². The molecule has 0 aliphatic carbocycles. The zero-order valence-electron chi connectivity index (χ0n) is 17.1. The van der Waals surface area contributed by atoms with Crippen molar-refractivity contribution >= 4 is 24.9 Å². The van der Waals surface area contributed by atoms with Crippen molar-refractivity contribution in [1.29, 1.82) is 0 Å². The van der Waals surface area contributed by atoms with Gasteiger partial charge in [-0.05, 0) is 35.6 Å². The van der Waals surface area contributed by atoms with E-state index in [0.717, 1.165) is 0 Å². The number of benzene rings is 2. The zero-order valence-corrected chi connectivity index (χ0v) is 17.1. The summed E-state index contributed by atoms with van der Waals surface area (Å²) in [5.41, 5.74) is -3.14. The van der Waals surface area contributed by atoms with Gasteiger partial charge in [-0.3, -0.25) is 4.79 Å². The van der Waals surface area contributed by atoms with Crippen LogP contribution in [0.4, 0.5) is 27.6 Å². The molecule has 3 nitrogen and oxygen atoms in total. The summed E-state index contributed by atoms with van der Waals surface area (Å²) in [5.74, 6) is -4.94. The van der Waals surface area contributed by atoms with Gasteiger partial charge >= 0.3 is 6.18 Å². The predicted molar refractivity (Wildman–Crippen MR) is 106 cm³/mol. The number of carbonyl (C=O) groups is 1. The van der Waals surface area contributed by atoms with Gasteiger partial charge in [0, 0.05) is 12.5 Å². The lowest BCUT2D eigenvalue weighted by Gasteiger charge is -2.25. The van der Waals surface area contributed by atoms with Crippen LogP contribution in [0.1, 0.15) is 60.3 Å². The van der Waals surface area contributed by atoms with Crippen LogP contribution in [-0.4, -0.2) is 18.9 Å². The molecule has 0 aliphatic heterocycles. The highest BCUT2D eigenvalue weighted by molar-refractivity contribution is 6.34. The van der Waals surface area contributed by atoms with Crippen molar-refractivity contribution in [2.45, 2.75) is 52.1 Å². The average molecular weight is 425 g/mol. The topological polar surface area (TPSA) is 49.3 Å². The normalized spacial score (nSPS) is 12.7. The van der Waals surface area contributed by atoms with Gasteiger partial charge in [-0.1, -0.05) is 38.4 Å². The molecule has 0 unspecified atom stereocenters. The summed E-state index contributed by atoms with van der Waals surface area (Å²) < 4.78 is 67.4. The third-order valence-corrected chi connectivity index (χ3v) is 4.71. The molecular formula is C21H21BF5NO2. The first-order valence-electron chi connectivity index (χ1n) is 8.98. The summed E-state index contributed by atoms with van der Waals surface area (Å²) in [5, 5.41) is 12.7. The maximum atomic E-state index is 13.6. The van der Waals surface area contributed by atoms with E-state index in [1.165, 1.54) is 13.0 Å². The summed E-state index contributed by atoms with van der Waals surface area (Å²) in [6.45, 7) is 7.23. The molecule has 0 heterocycles. The molecule has 0 atom stereocenters. The van der Waals surface area contributed by atoms with Crippen molar-refractivity contribution in [3.8, 4) is 5.75 Å². The number of rotatable bonds is 3. The van der Waals surface area contributed by atoms with Crippen molar-refractivity contribution in [1.82, 2.24) is 0 Å². The second-order valence-corrected chi connectivity index (χ2v) is 8.21. The predicted octanol–water partition coefficient (Wildman–Crippen LogP) is 5.17. The lowest BCUT2D eigenvalue weighted by molar-refractivity contribution is -0.137. The number of phenolic OH excluding ortho intramolecular Hbond substituents is 1. The number of hydrogen-bond acceptors (Lipinski definition) is 2. The molecule has 0 fully saturated rings. The second kappa shape index (κ2) is 7.59. The highest BCUT2D eigenvalue weighted by Crippen LogP contribution is 2.39. The van der Waals surface area contributed by atoms with E-state index in [0.29, 0.717) is 30.7 Å². The Morgan fingerprint density at radius 1 is 1.00 bits per heavy atom. The molecule has 2 aromatic rings. The number of alkyl halides is 5. The van der Waals surface area contributed by atoms with E-state index < -0.39 is 46.0 Å². The van der Waals surface area contributed by atoms with Crippen LogP contribution in [0, 0.1) is 6.92 Å². The molecule has 30 heavy (non-hydrogen) atoms. The van der Waals surface area contributed by atoms with Crippen molar-refractivity contribution < 1.29 is 31.9 Å². The number of anilines is 1. The Kier molecular flexibility index (Phi) is 6.00. The van der Waals surface area contributed by atoms with Crippen molar-refractivity contribution in [3.63, 3.8) is 0 Å². The van der Waals surface area contributed by atoms with Gasteiger partial charge in [0.25, 0.3) is 11.8 Å². The molecule has 0 aromatic heterocycles. The molecule has 1 amide bonds. The van der Waals surface area contributed by atoms with Crippen LogP contribution < -0.4 is 10.8 Å². The first-order valence-corrected chi connectivity index (χ1v) is 8.98. The van der Waals surface area contributed by atoms with Gasteiger partial charge in [0.1, 0.15) is 13.6 Å². The number of aromatic hydroxyl groups is 1. The number of hydrogen-bond donors (Lipinski definition) is 2. The van der Waals surface area contributed by atoms with Gasteiger partial charge in [-0.25, -0.2) is 8.78 Å². The zero-order chi connectivity index (χ0) is 23.2. The van der Waals surface area contributed by atoms with E-state index in [4.69, 9.17) is 7.85 Å². The smallest absolute Gasteiger partial charge is 0.418 e. The molecule has 9 heteroatoms. The number of phenols is 1. The minimum Gasteiger partial charge on any atom is -0.507 e. The fourth-order valence-corrected chi connectivity index (χ4v) is 2.99. The van der Waals surface area contributed by atoms with Crippen molar-refractivity contribution in [2.75, 3.05) is 5.32 Å². The SMILES string of the molecule is [B]c1cc(C(C)(C)C)c(O)c(C(=O)Nc2cc(C(C)(F)F)ccc2C(F)(F)F)c1C. The van der Waals surface area contributed by atoms with E-state index in [9.17, 15) is 31.9 Å². The Hall–Kier alpha value is -2.58. The molecule has 2 rings (SSSR count). The standard InChI is InChI=1S/C21H21BF5NO2/c1-10-14(22)9-13(19(2,3)4)17(29)16(10)18(30)28-15-8-11(20(5,23)24)6-7-12(15)21(25,26)27/h6-9,29H,1-5H3,(H,28,30). The minimum absolute atomic E-state index is 0.156. The molecule has 2 aromatic carbocycles. The fourth-order valence-electron chi connectivity index (χ4n) is 2.99. The Balaban J connectivity index is 2.64. The van der Waals surface area contributed by atoms with Crippen LogP contribution in [0.15, 0.2) is 24.3 Å². The molecule has 0 saturated heterocycles. The van der Waals surface area contributed by atoms with E-state index in [-0.39, 0.29) is 16.6 Å². The number of amides is 1. The summed E-state index contributed by atoms with van der Waals surface area (Å²) >= 11 is 0. The van der Waals surface area contributed by atoms with Gasteiger partial charge in [0.2, 0.25) is 0 Å². The second-order valence-electron chi connectivity index (χ2n) is 8.21. The molecule has 0 saturated carbocycles. The molecule has 160 valence electrons. The molecule has 0 bridgehead atoms. The molecule has 2 radical (unpaired) electrons. The lowest BCUT2D eigenvalue weighted by atomic mass is 9.78. The largest absolute Gasteiger partial charge is 0.507 e. The van der Waals surface area contributed by atoms with Crippen LogP contribution >= 0.6 is 0 Å². The quantitative estimate of drug-likeness (QED) is 0.527. The van der Waals surface area contributed by atoms with E-state index >= 15 is 0 Å². The molecule has 2 N–H and O–H groups in total. The van der Waals surface area contributed by atoms with E-state index in [2.05, 4.69) is 0 Å². The number of nitrogens with one attached hydrogen (secondary N) is 1. The summed E-state index contributed by atoms with van der Waals surface area (Å²) in [6, 6.07) is 3.19. The maximum absolute atomic E-state index is 13.6. The van der Waals surface area contributed by atoms with Crippen LogP contribution in [0.25, 0.3) is 0 Å². The van der Waals surface area contributed by atoms with Gasteiger partial charge in [-0.15, -0.1) is 0 Å². The lowest BCUT2D eigenvalue weighted by Crippen LogP contribution is -2.25. The van der Waals surface area contributed by atoms with Crippen molar-refractivity contribution in [3.05, 3.63) is 52.1 Å². The van der Waals surface area contributed by atoms with Crippen LogP contribution in [0.3, 0.4) is 0 Å². The van der Waals surface area contributed by atoms with Gasteiger partial charge < -0.3 is 10.4 Å². The third kappa shape index (κ3) is 4.76. The van der Waals surface area contributed by atoms with Crippen LogP contribution in [0.5, 0.6) is 5.75 Å². The number of halogens is 5. The average Bonchev–Trinajstić information content (AvgIpc) is 2.55. The van der Waals surface area contributed by atoms with E-state index in [1.807, 2.05) is 5.32 Å². The van der Waals surface area contributed by atoms with E-state index in [1.54, 1.807) is 20.8 Å². The fraction of sp³-hybridized carbons (Fsp3) is 0.381. The minimum atomic E-state index is -4.90. The van der Waals surface area contributed by atoms with Gasteiger partial charge in [-0.2, -0.15) is 13.2 Å². The van der Waals surface area contributed by atoms with Gasteiger partial charge in [0.05, 0.1) is 16.8 Å². The number of carbonyl (C=O) groups excluding carboxylic acids is 1. The Labute approximate surface area is 172 Å². The third-order valence-electron chi connectivity index (χ3n) is 4.71. The summed E-state index contributed by atoms with van der Waals surface area (Å²) in [6.07, 6.45) is -4.90. The maximum Gasteiger partial charge on any atom is 0.418 e. The Morgan fingerprint density at radius 2 is 1.57 bits per heavy atom.